The van der Waals surface area contributed by atoms with Gasteiger partial charge in [0.05, 0.1) is 11.8 Å². The van der Waals surface area contributed by atoms with E-state index in [9.17, 15) is 0 Å². The van der Waals surface area contributed by atoms with Crippen molar-refractivity contribution >= 4 is 0 Å². The molecule has 0 spiro atoms. The molecule has 2 unspecified atom stereocenters. The molecule has 2 heterocycles. The lowest BCUT2D eigenvalue weighted by Gasteiger charge is -2.31. The maximum atomic E-state index is 5.69. The van der Waals surface area contributed by atoms with E-state index in [4.69, 9.17) is 4.74 Å². The number of hydrogen-bond donors (Lipinski definition) is 1. The Hall–Kier alpha value is -0.930. The summed E-state index contributed by atoms with van der Waals surface area (Å²) in [7, 11) is 0. The van der Waals surface area contributed by atoms with Crippen LogP contribution in [0.5, 0.6) is 0 Å². The van der Waals surface area contributed by atoms with Crippen LogP contribution < -0.4 is 5.32 Å². The van der Waals surface area contributed by atoms with Crippen LogP contribution in [0.3, 0.4) is 0 Å². The molecule has 0 amide bonds. The first-order valence-electron chi connectivity index (χ1n) is 6.58. The molecule has 1 aliphatic heterocycles. The van der Waals surface area contributed by atoms with Crippen molar-refractivity contribution in [2.75, 3.05) is 6.61 Å². The van der Waals surface area contributed by atoms with Crippen molar-refractivity contribution in [2.45, 2.75) is 51.3 Å². The van der Waals surface area contributed by atoms with Crippen LogP contribution in [-0.4, -0.2) is 23.7 Å². The van der Waals surface area contributed by atoms with Gasteiger partial charge in [-0.2, -0.15) is 0 Å². The highest BCUT2D eigenvalue weighted by atomic mass is 16.5. The molecule has 0 radical (unpaired) electrons. The average Bonchev–Trinajstić information content (AvgIpc) is 2.40. The summed E-state index contributed by atoms with van der Waals surface area (Å²) in [4.78, 5) is 4.39. The summed E-state index contributed by atoms with van der Waals surface area (Å²) >= 11 is 0. The summed E-state index contributed by atoms with van der Waals surface area (Å²) in [6, 6.07) is 6.95. The highest BCUT2D eigenvalue weighted by Crippen LogP contribution is 2.19. The van der Waals surface area contributed by atoms with E-state index in [2.05, 4.69) is 30.2 Å². The summed E-state index contributed by atoms with van der Waals surface area (Å²) in [6.45, 7) is 5.25. The van der Waals surface area contributed by atoms with E-state index >= 15 is 0 Å². The predicted octanol–water partition coefficient (Wildman–Crippen LogP) is 2.69. The molecule has 2 rings (SSSR count). The first-order chi connectivity index (χ1) is 8.29. The van der Waals surface area contributed by atoms with Gasteiger partial charge in [0, 0.05) is 24.9 Å². The second-order valence-corrected chi connectivity index (χ2v) is 4.77. The van der Waals surface area contributed by atoms with Crippen molar-refractivity contribution in [3.8, 4) is 0 Å². The Kier molecular flexibility index (Phi) is 4.51. The molecule has 0 saturated carbocycles. The number of pyridine rings is 1. The number of nitrogens with zero attached hydrogens (tertiary/aromatic N) is 1. The van der Waals surface area contributed by atoms with Gasteiger partial charge in [-0.05, 0) is 38.3 Å². The lowest BCUT2D eigenvalue weighted by molar-refractivity contribution is -0.00173. The quantitative estimate of drug-likeness (QED) is 0.869. The van der Waals surface area contributed by atoms with Crippen molar-refractivity contribution in [2.24, 2.45) is 0 Å². The van der Waals surface area contributed by atoms with Gasteiger partial charge in [0.2, 0.25) is 0 Å². The van der Waals surface area contributed by atoms with Gasteiger partial charge in [0.1, 0.15) is 0 Å². The Labute approximate surface area is 104 Å². The third-order valence-electron chi connectivity index (χ3n) is 3.44. The van der Waals surface area contributed by atoms with Gasteiger partial charge in [-0.3, -0.25) is 4.98 Å². The third kappa shape index (κ3) is 3.51. The Balaban J connectivity index is 1.88. The van der Waals surface area contributed by atoms with Crippen molar-refractivity contribution < 1.29 is 4.74 Å². The van der Waals surface area contributed by atoms with Crippen LogP contribution in [0, 0.1) is 0 Å². The Morgan fingerprint density at radius 3 is 3.12 bits per heavy atom. The molecule has 1 aromatic heterocycles. The molecule has 0 bridgehead atoms. The van der Waals surface area contributed by atoms with Crippen LogP contribution in [0.2, 0.25) is 0 Å². The van der Waals surface area contributed by atoms with E-state index in [-0.39, 0.29) is 0 Å². The van der Waals surface area contributed by atoms with Crippen molar-refractivity contribution in [1.29, 1.82) is 0 Å². The predicted molar refractivity (Wildman–Crippen MR) is 68.8 cm³/mol. The van der Waals surface area contributed by atoms with E-state index in [1.807, 2.05) is 18.3 Å². The summed E-state index contributed by atoms with van der Waals surface area (Å²) in [5.74, 6) is 0. The highest BCUT2D eigenvalue weighted by molar-refractivity contribution is 5.08. The van der Waals surface area contributed by atoms with Gasteiger partial charge >= 0.3 is 0 Å². The standard InChI is InChI=1S/C14H22N2O/c1-3-13-10-12(7-9-17-13)16-11(2)14-6-4-5-8-15-14/h4-6,8,11-13,16H,3,7,9-10H2,1-2H3/t11-,12?,13?/m0/s1. The van der Waals surface area contributed by atoms with Gasteiger partial charge in [-0.1, -0.05) is 13.0 Å². The van der Waals surface area contributed by atoms with Gasteiger partial charge in [0.15, 0.2) is 0 Å². The summed E-state index contributed by atoms with van der Waals surface area (Å²) in [6.07, 6.45) is 5.61. The fourth-order valence-electron chi connectivity index (χ4n) is 2.39. The van der Waals surface area contributed by atoms with Crippen LogP contribution in [-0.2, 0) is 4.74 Å². The van der Waals surface area contributed by atoms with Crippen LogP contribution in [0.4, 0.5) is 0 Å². The highest BCUT2D eigenvalue weighted by Gasteiger charge is 2.22. The fraction of sp³-hybridized carbons (Fsp3) is 0.643. The molecule has 17 heavy (non-hydrogen) atoms. The summed E-state index contributed by atoms with van der Waals surface area (Å²) in [5, 5.41) is 3.66. The third-order valence-corrected chi connectivity index (χ3v) is 3.44. The lowest BCUT2D eigenvalue weighted by atomic mass is 10.0. The summed E-state index contributed by atoms with van der Waals surface area (Å²) in [5.41, 5.74) is 1.12. The fourth-order valence-corrected chi connectivity index (χ4v) is 2.39. The first kappa shape index (κ1) is 12.5. The lowest BCUT2D eigenvalue weighted by Crippen LogP contribution is -2.40. The average molecular weight is 234 g/mol. The van der Waals surface area contributed by atoms with Crippen molar-refractivity contribution in [3.05, 3.63) is 30.1 Å². The Morgan fingerprint density at radius 1 is 1.53 bits per heavy atom. The molecule has 3 atom stereocenters. The zero-order chi connectivity index (χ0) is 12.1. The van der Waals surface area contributed by atoms with E-state index < -0.39 is 0 Å². The SMILES string of the molecule is CCC1CC(N[C@@H](C)c2ccccn2)CCO1. The minimum atomic E-state index is 0.316. The topological polar surface area (TPSA) is 34.2 Å². The normalized spacial score (nSPS) is 26.7. The smallest absolute Gasteiger partial charge is 0.0587 e. The monoisotopic (exact) mass is 234 g/mol. The number of aromatic nitrogens is 1. The van der Waals surface area contributed by atoms with Gasteiger partial charge < -0.3 is 10.1 Å². The molecule has 1 aliphatic rings. The van der Waals surface area contributed by atoms with Gasteiger partial charge in [-0.25, -0.2) is 0 Å². The minimum absolute atomic E-state index is 0.316. The first-order valence-corrected chi connectivity index (χ1v) is 6.58. The molecule has 1 fully saturated rings. The molecule has 0 aliphatic carbocycles. The van der Waals surface area contributed by atoms with E-state index in [1.54, 1.807) is 0 Å². The molecule has 94 valence electrons. The molecule has 0 aromatic carbocycles. The molecule has 3 heteroatoms. The van der Waals surface area contributed by atoms with Crippen LogP contribution >= 0.6 is 0 Å². The van der Waals surface area contributed by atoms with Gasteiger partial charge in [-0.15, -0.1) is 0 Å². The number of ether oxygens (including phenoxy) is 1. The Bertz CT molecular complexity index is 328. The maximum Gasteiger partial charge on any atom is 0.0587 e. The van der Waals surface area contributed by atoms with Crippen molar-refractivity contribution in [3.63, 3.8) is 0 Å². The number of rotatable bonds is 4. The Morgan fingerprint density at radius 2 is 2.41 bits per heavy atom. The van der Waals surface area contributed by atoms with E-state index in [1.165, 1.54) is 0 Å². The molecule has 1 saturated heterocycles. The zero-order valence-electron chi connectivity index (χ0n) is 10.7. The summed E-state index contributed by atoms with van der Waals surface area (Å²) < 4.78 is 5.69. The minimum Gasteiger partial charge on any atom is -0.378 e. The molecule has 3 nitrogen and oxygen atoms in total. The number of nitrogens with one attached hydrogen (secondary N) is 1. The second kappa shape index (κ2) is 6.12. The molecule has 1 aromatic rings. The largest absolute Gasteiger partial charge is 0.378 e. The van der Waals surface area contributed by atoms with Crippen LogP contribution in [0.15, 0.2) is 24.4 Å². The number of hydrogen-bond acceptors (Lipinski definition) is 3. The van der Waals surface area contributed by atoms with Crippen LogP contribution in [0.1, 0.15) is 44.8 Å². The molecular weight excluding hydrogens is 212 g/mol. The van der Waals surface area contributed by atoms with Gasteiger partial charge in [0.25, 0.3) is 0 Å². The van der Waals surface area contributed by atoms with Crippen LogP contribution in [0.25, 0.3) is 0 Å². The maximum absolute atomic E-state index is 5.69. The van der Waals surface area contributed by atoms with Crippen molar-refractivity contribution in [1.82, 2.24) is 10.3 Å². The van der Waals surface area contributed by atoms with E-state index in [0.29, 0.717) is 18.2 Å². The second-order valence-electron chi connectivity index (χ2n) is 4.77. The molecule has 1 N–H and O–H groups in total. The zero-order valence-corrected chi connectivity index (χ0v) is 10.7. The molecular formula is C14H22N2O. The van der Waals surface area contributed by atoms with E-state index in [0.717, 1.165) is 31.6 Å².